The van der Waals surface area contributed by atoms with Gasteiger partial charge in [-0.3, -0.25) is 4.68 Å². The Morgan fingerprint density at radius 1 is 1.35 bits per heavy atom. The Balaban J connectivity index is 2.42. The van der Waals surface area contributed by atoms with E-state index in [0.29, 0.717) is 0 Å². The van der Waals surface area contributed by atoms with Crippen LogP contribution in [0.15, 0.2) is 0 Å². The van der Waals surface area contributed by atoms with Crippen LogP contribution < -0.4 is 0 Å². The zero-order valence-corrected chi connectivity index (χ0v) is 13.8. The van der Waals surface area contributed by atoms with Crippen molar-refractivity contribution in [3.8, 4) is 0 Å². The fourth-order valence-electron chi connectivity index (χ4n) is 2.57. The summed E-state index contributed by atoms with van der Waals surface area (Å²) in [6.45, 7) is 6.05. The topological polar surface area (TPSA) is 38.9 Å². The summed E-state index contributed by atoms with van der Waals surface area (Å²) in [5, 5.41) is 4.46. The van der Waals surface area contributed by atoms with Gasteiger partial charge in [-0.15, -0.1) is 11.6 Å². The molecule has 2 aromatic heterocycles. The molecule has 0 fully saturated rings. The lowest BCUT2D eigenvalue weighted by Crippen LogP contribution is -2.16. The number of aromatic nitrogens is 4. The molecule has 2 heterocycles. The molecule has 0 saturated heterocycles. The number of imidazole rings is 1. The number of nitrogens with zero attached hydrogens (tertiary/aromatic N) is 5. The molecule has 0 spiro atoms. The summed E-state index contributed by atoms with van der Waals surface area (Å²) in [5.74, 6) is 0.947. The van der Waals surface area contributed by atoms with Crippen LogP contribution in [0.5, 0.6) is 0 Å². The first-order valence-corrected chi connectivity index (χ1v) is 7.60. The van der Waals surface area contributed by atoms with Crippen LogP contribution in [0, 0.1) is 0 Å². The maximum absolute atomic E-state index is 6.30. The molecule has 6 heteroatoms. The first-order chi connectivity index (χ1) is 9.45. The van der Waals surface area contributed by atoms with Gasteiger partial charge < -0.3 is 9.47 Å². The van der Waals surface area contributed by atoms with Crippen LogP contribution in [0.4, 0.5) is 0 Å². The molecular formula is C14H24ClN5. The van der Waals surface area contributed by atoms with Gasteiger partial charge in [0, 0.05) is 13.6 Å². The zero-order chi connectivity index (χ0) is 14.9. The summed E-state index contributed by atoms with van der Waals surface area (Å²) in [6.07, 6.45) is 1.96. The summed E-state index contributed by atoms with van der Waals surface area (Å²) >= 11 is 6.30. The number of hydrogen-bond donors (Lipinski definition) is 0. The fourth-order valence-corrected chi connectivity index (χ4v) is 2.73. The second kappa shape index (κ2) is 6.14. The van der Waals surface area contributed by atoms with Gasteiger partial charge in [-0.1, -0.05) is 6.92 Å². The number of alkyl halides is 1. The van der Waals surface area contributed by atoms with Gasteiger partial charge >= 0.3 is 0 Å². The molecule has 0 aliphatic heterocycles. The summed E-state index contributed by atoms with van der Waals surface area (Å²) < 4.78 is 4.16. The van der Waals surface area contributed by atoms with Crippen LogP contribution in [0.3, 0.4) is 0 Å². The summed E-state index contributed by atoms with van der Waals surface area (Å²) in [5.41, 5.74) is 3.14. The van der Waals surface area contributed by atoms with Crippen LogP contribution >= 0.6 is 11.6 Å². The number of aryl methyl sites for hydroxylation is 3. The number of rotatable bonds is 6. The third-order valence-electron chi connectivity index (χ3n) is 3.50. The van der Waals surface area contributed by atoms with E-state index in [9.17, 15) is 0 Å². The number of fused-ring (bicyclic) bond motifs is 1. The Morgan fingerprint density at radius 3 is 2.60 bits per heavy atom. The second-order valence-electron chi connectivity index (χ2n) is 5.49. The lowest BCUT2D eigenvalue weighted by Gasteiger charge is -2.13. The van der Waals surface area contributed by atoms with E-state index in [-0.39, 0.29) is 5.38 Å². The number of halogens is 1. The summed E-state index contributed by atoms with van der Waals surface area (Å²) in [4.78, 5) is 6.93. The first kappa shape index (κ1) is 15.3. The molecule has 0 bridgehead atoms. The van der Waals surface area contributed by atoms with E-state index in [1.807, 2.05) is 18.7 Å². The Morgan fingerprint density at radius 2 is 2.05 bits per heavy atom. The second-order valence-corrected chi connectivity index (χ2v) is 6.15. The normalized spacial score (nSPS) is 13.6. The number of hydrogen-bond acceptors (Lipinski definition) is 3. The SMILES string of the molecule is CCc1nn(C)c2c1nc(C(C)Cl)n2CCCN(C)C. The Labute approximate surface area is 125 Å². The molecule has 0 amide bonds. The van der Waals surface area contributed by atoms with Gasteiger partial charge in [-0.05, 0) is 40.4 Å². The van der Waals surface area contributed by atoms with Crippen LogP contribution in [0.2, 0.25) is 0 Å². The maximum Gasteiger partial charge on any atom is 0.158 e. The highest BCUT2D eigenvalue weighted by Crippen LogP contribution is 2.26. The Hall–Kier alpha value is -1.07. The van der Waals surface area contributed by atoms with Crippen molar-refractivity contribution >= 4 is 22.8 Å². The molecule has 112 valence electrons. The van der Waals surface area contributed by atoms with Crippen molar-refractivity contribution in [1.82, 2.24) is 24.2 Å². The first-order valence-electron chi connectivity index (χ1n) is 7.16. The molecule has 0 radical (unpaired) electrons. The van der Waals surface area contributed by atoms with E-state index in [0.717, 1.165) is 48.6 Å². The standard InChI is InChI=1S/C14H24ClN5/c1-6-11-12-14(19(5)17-11)20(9-7-8-18(3)4)13(16-12)10(2)15/h10H,6-9H2,1-5H3. The average Bonchev–Trinajstić information content (AvgIpc) is 2.88. The predicted octanol–water partition coefficient (Wildman–Crippen LogP) is 2.58. The van der Waals surface area contributed by atoms with Crippen molar-refractivity contribution in [2.24, 2.45) is 7.05 Å². The van der Waals surface area contributed by atoms with Crippen molar-refractivity contribution in [3.05, 3.63) is 11.5 Å². The molecular weight excluding hydrogens is 274 g/mol. The lowest BCUT2D eigenvalue weighted by atomic mass is 10.3. The molecule has 0 aliphatic carbocycles. The molecule has 2 aromatic rings. The van der Waals surface area contributed by atoms with Crippen LogP contribution in [-0.2, 0) is 20.0 Å². The van der Waals surface area contributed by atoms with Crippen molar-refractivity contribution in [2.45, 2.75) is 38.6 Å². The molecule has 0 N–H and O–H groups in total. The third-order valence-corrected chi connectivity index (χ3v) is 3.69. The lowest BCUT2D eigenvalue weighted by molar-refractivity contribution is 0.385. The molecule has 1 atom stereocenters. The van der Waals surface area contributed by atoms with E-state index in [2.05, 4.69) is 35.6 Å². The Bertz CT molecular complexity index is 582. The van der Waals surface area contributed by atoms with Crippen LogP contribution in [-0.4, -0.2) is 44.9 Å². The van der Waals surface area contributed by atoms with Gasteiger partial charge in [-0.2, -0.15) is 5.10 Å². The molecule has 1 unspecified atom stereocenters. The van der Waals surface area contributed by atoms with Gasteiger partial charge in [0.25, 0.3) is 0 Å². The van der Waals surface area contributed by atoms with E-state index in [1.165, 1.54) is 0 Å². The fraction of sp³-hybridized carbons (Fsp3) is 0.714. The van der Waals surface area contributed by atoms with Gasteiger partial charge in [0.1, 0.15) is 11.3 Å². The minimum atomic E-state index is -0.0912. The summed E-state index contributed by atoms with van der Waals surface area (Å²) in [7, 11) is 6.16. The maximum atomic E-state index is 6.30. The molecule has 0 aromatic carbocycles. The molecule has 2 rings (SSSR count). The molecule has 0 saturated carbocycles. The highest BCUT2D eigenvalue weighted by atomic mass is 35.5. The van der Waals surface area contributed by atoms with E-state index in [1.54, 1.807) is 0 Å². The zero-order valence-electron chi connectivity index (χ0n) is 13.0. The quantitative estimate of drug-likeness (QED) is 0.769. The van der Waals surface area contributed by atoms with Crippen LogP contribution in [0.1, 0.15) is 37.2 Å². The monoisotopic (exact) mass is 297 g/mol. The average molecular weight is 298 g/mol. The van der Waals surface area contributed by atoms with Gasteiger partial charge in [-0.25, -0.2) is 4.98 Å². The highest BCUT2D eigenvalue weighted by molar-refractivity contribution is 6.20. The van der Waals surface area contributed by atoms with E-state index in [4.69, 9.17) is 16.6 Å². The molecule has 20 heavy (non-hydrogen) atoms. The van der Waals surface area contributed by atoms with Gasteiger partial charge in [0.2, 0.25) is 0 Å². The largest absolute Gasteiger partial charge is 0.312 e. The predicted molar refractivity (Wildman–Crippen MR) is 83.3 cm³/mol. The van der Waals surface area contributed by atoms with Crippen LogP contribution in [0.25, 0.3) is 11.2 Å². The molecule has 5 nitrogen and oxygen atoms in total. The van der Waals surface area contributed by atoms with Gasteiger partial charge in [0.15, 0.2) is 5.65 Å². The smallest absolute Gasteiger partial charge is 0.158 e. The van der Waals surface area contributed by atoms with Crippen molar-refractivity contribution in [2.75, 3.05) is 20.6 Å². The van der Waals surface area contributed by atoms with E-state index < -0.39 is 0 Å². The van der Waals surface area contributed by atoms with E-state index >= 15 is 0 Å². The third kappa shape index (κ3) is 2.83. The Kier molecular flexibility index (Phi) is 4.70. The van der Waals surface area contributed by atoms with Crippen molar-refractivity contribution in [3.63, 3.8) is 0 Å². The highest BCUT2D eigenvalue weighted by Gasteiger charge is 2.20. The minimum Gasteiger partial charge on any atom is -0.312 e. The summed E-state index contributed by atoms with van der Waals surface area (Å²) in [6, 6.07) is 0. The van der Waals surface area contributed by atoms with Crippen molar-refractivity contribution in [1.29, 1.82) is 0 Å². The van der Waals surface area contributed by atoms with Gasteiger partial charge in [0.05, 0.1) is 11.1 Å². The molecule has 0 aliphatic rings. The minimum absolute atomic E-state index is 0.0912. The van der Waals surface area contributed by atoms with Crippen molar-refractivity contribution < 1.29 is 0 Å².